The van der Waals surface area contributed by atoms with Crippen molar-refractivity contribution in [2.75, 3.05) is 26.7 Å². The highest BCUT2D eigenvalue weighted by Crippen LogP contribution is 2.21. The van der Waals surface area contributed by atoms with Crippen molar-refractivity contribution in [1.82, 2.24) is 9.88 Å². The van der Waals surface area contributed by atoms with E-state index in [0.717, 1.165) is 31.6 Å². The summed E-state index contributed by atoms with van der Waals surface area (Å²) in [5, 5.41) is 10.1. The second-order valence-corrected chi connectivity index (χ2v) is 5.29. The summed E-state index contributed by atoms with van der Waals surface area (Å²) in [6, 6.07) is 5.86. The van der Waals surface area contributed by atoms with Gasteiger partial charge in [0.1, 0.15) is 0 Å². The smallest absolute Gasteiger partial charge is 0.305 e. The Morgan fingerprint density at radius 2 is 2.35 bits per heavy atom. The summed E-state index contributed by atoms with van der Waals surface area (Å²) in [5.41, 5.74) is 1.02. The van der Waals surface area contributed by atoms with Crippen LogP contribution < -0.4 is 0 Å². The second-order valence-electron chi connectivity index (χ2n) is 5.29. The summed E-state index contributed by atoms with van der Waals surface area (Å²) >= 11 is 0. The monoisotopic (exact) mass is 278 g/mol. The first-order valence-electron chi connectivity index (χ1n) is 7.06. The van der Waals surface area contributed by atoms with Crippen LogP contribution in [-0.2, 0) is 16.0 Å². The number of hydrogen-bond donors (Lipinski definition) is 1. The normalized spacial score (nSPS) is 22.9. The molecule has 5 heteroatoms. The van der Waals surface area contributed by atoms with Crippen LogP contribution in [0.4, 0.5) is 0 Å². The summed E-state index contributed by atoms with van der Waals surface area (Å²) in [5.74, 6) is 0.0535. The summed E-state index contributed by atoms with van der Waals surface area (Å²) in [4.78, 5) is 17.6. The number of carbonyl (C=O) groups excluding carboxylic acids is 1. The fraction of sp³-hybridized carbons (Fsp3) is 0.600. The van der Waals surface area contributed by atoms with Crippen LogP contribution in [0.15, 0.2) is 24.4 Å². The van der Waals surface area contributed by atoms with E-state index >= 15 is 0 Å². The molecule has 1 aliphatic heterocycles. The fourth-order valence-corrected chi connectivity index (χ4v) is 2.66. The molecule has 5 nitrogen and oxygen atoms in total. The molecule has 2 atom stereocenters. The molecule has 0 spiro atoms. The van der Waals surface area contributed by atoms with Gasteiger partial charge in [-0.15, -0.1) is 0 Å². The van der Waals surface area contributed by atoms with Crippen LogP contribution in [0, 0.1) is 5.92 Å². The highest BCUT2D eigenvalue weighted by Gasteiger charge is 2.31. The van der Waals surface area contributed by atoms with Crippen molar-refractivity contribution in [1.29, 1.82) is 0 Å². The first-order chi connectivity index (χ1) is 9.69. The van der Waals surface area contributed by atoms with Crippen LogP contribution in [0.25, 0.3) is 0 Å². The Labute approximate surface area is 119 Å². The number of hydrogen-bond acceptors (Lipinski definition) is 5. The van der Waals surface area contributed by atoms with Crippen LogP contribution >= 0.6 is 0 Å². The number of aromatic nitrogens is 1. The molecule has 2 rings (SSSR count). The van der Waals surface area contributed by atoms with Gasteiger partial charge in [-0.1, -0.05) is 6.07 Å². The number of rotatable bonds is 6. The van der Waals surface area contributed by atoms with E-state index in [9.17, 15) is 9.90 Å². The van der Waals surface area contributed by atoms with Crippen molar-refractivity contribution in [2.24, 2.45) is 5.92 Å². The van der Waals surface area contributed by atoms with E-state index in [1.54, 1.807) is 6.20 Å². The van der Waals surface area contributed by atoms with Crippen molar-refractivity contribution in [3.8, 4) is 0 Å². The third kappa shape index (κ3) is 4.28. The molecule has 0 radical (unpaired) electrons. The van der Waals surface area contributed by atoms with E-state index in [0.29, 0.717) is 13.0 Å². The van der Waals surface area contributed by atoms with Gasteiger partial charge in [-0.25, -0.2) is 0 Å². The van der Waals surface area contributed by atoms with E-state index in [4.69, 9.17) is 0 Å². The molecule has 110 valence electrons. The Morgan fingerprint density at radius 3 is 3.05 bits per heavy atom. The molecule has 0 unspecified atom stereocenters. The van der Waals surface area contributed by atoms with Crippen LogP contribution in [0.3, 0.4) is 0 Å². The zero-order valence-corrected chi connectivity index (χ0v) is 11.9. The number of β-amino-alcohol motifs (C(OH)–C–C–N with tert-alkyl or cyclic N) is 1. The molecule has 0 aromatic carbocycles. The van der Waals surface area contributed by atoms with Crippen molar-refractivity contribution in [2.45, 2.75) is 25.4 Å². The number of pyridine rings is 1. The molecule has 2 heterocycles. The number of esters is 1. The maximum absolute atomic E-state index is 11.1. The largest absolute Gasteiger partial charge is 0.469 e. The van der Waals surface area contributed by atoms with Crippen LogP contribution in [0.2, 0.25) is 0 Å². The maximum atomic E-state index is 11.1. The SMILES string of the molecule is COC(=O)CCCN1C[C@@H](Cc2ccccn2)[C@H](O)C1. The first kappa shape index (κ1) is 14.9. The van der Waals surface area contributed by atoms with E-state index in [2.05, 4.69) is 14.6 Å². The third-order valence-electron chi connectivity index (χ3n) is 3.76. The molecule has 0 aliphatic carbocycles. The summed E-state index contributed by atoms with van der Waals surface area (Å²) in [6.45, 7) is 2.36. The van der Waals surface area contributed by atoms with Gasteiger partial charge in [-0.2, -0.15) is 0 Å². The number of ether oxygens (including phenoxy) is 1. The zero-order chi connectivity index (χ0) is 14.4. The fourth-order valence-electron chi connectivity index (χ4n) is 2.66. The first-order valence-corrected chi connectivity index (χ1v) is 7.06. The van der Waals surface area contributed by atoms with E-state index in [1.165, 1.54) is 7.11 Å². The lowest BCUT2D eigenvalue weighted by atomic mass is 10.00. The molecule has 0 saturated carbocycles. The third-order valence-corrected chi connectivity index (χ3v) is 3.76. The Bertz CT molecular complexity index is 424. The van der Waals surface area contributed by atoms with Gasteiger partial charge in [0.05, 0.1) is 13.2 Å². The number of methoxy groups -OCH3 is 1. The van der Waals surface area contributed by atoms with Gasteiger partial charge in [0, 0.05) is 37.3 Å². The van der Waals surface area contributed by atoms with Gasteiger partial charge >= 0.3 is 5.97 Å². The van der Waals surface area contributed by atoms with Gasteiger partial charge in [0.15, 0.2) is 0 Å². The molecular weight excluding hydrogens is 256 g/mol. The zero-order valence-electron chi connectivity index (χ0n) is 11.9. The number of aliphatic hydroxyl groups excluding tert-OH is 1. The number of likely N-dealkylation sites (tertiary alicyclic amines) is 1. The topological polar surface area (TPSA) is 62.7 Å². The summed E-state index contributed by atoms with van der Waals surface area (Å²) in [7, 11) is 1.41. The molecule has 1 aliphatic rings. The van der Waals surface area contributed by atoms with Gasteiger partial charge in [0.2, 0.25) is 0 Å². The molecular formula is C15H22N2O3. The highest BCUT2D eigenvalue weighted by atomic mass is 16.5. The second kappa shape index (κ2) is 7.36. The lowest BCUT2D eigenvalue weighted by Crippen LogP contribution is -2.23. The van der Waals surface area contributed by atoms with E-state index < -0.39 is 0 Å². The van der Waals surface area contributed by atoms with Crippen molar-refractivity contribution < 1.29 is 14.6 Å². The van der Waals surface area contributed by atoms with Crippen LogP contribution in [0.1, 0.15) is 18.5 Å². The van der Waals surface area contributed by atoms with Crippen molar-refractivity contribution in [3.63, 3.8) is 0 Å². The number of nitrogens with zero attached hydrogens (tertiary/aromatic N) is 2. The van der Waals surface area contributed by atoms with Gasteiger partial charge < -0.3 is 14.7 Å². The molecule has 1 aromatic rings. The van der Waals surface area contributed by atoms with Gasteiger partial charge in [-0.05, 0) is 31.5 Å². The average molecular weight is 278 g/mol. The number of carbonyl (C=O) groups is 1. The lowest BCUT2D eigenvalue weighted by molar-refractivity contribution is -0.140. The quantitative estimate of drug-likeness (QED) is 0.782. The molecule has 0 amide bonds. The summed E-state index contributed by atoms with van der Waals surface area (Å²) in [6.07, 6.45) is 3.49. The minimum Gasteiger partial charge on any atom is -0.469 e. The Hall–Kier alpha value is -1.46. The Kier molecular flexibility index (Phi) is 5.49. The summed E-state index contributed by atoms with van der Waals surface area (Å²) < 4.78 is 4.62. The maximum Gasteiger partial charge on any atom is 0.305 e. The predicted octanol–water partition coefficient (Wildman–Crippen LogP) is 0.870. The molecule has 1 N–H and O–H groups in total. The van der Waals surface area contributed by atoms with Gasteiger partial charge in [-0.3, -0.25) is 9.78 Å². The minimum atomic E-state index is -0.310. The van der Waals surface area contributed by atoms with Crippen LogP contribution in [0.5, 0.6) is 0 Å². The van der Waals surface area contributed by atoms with Gasteiger partial charge in [0.25, 0.3) is 0 Å². The van der Waals surface area contributed by atoms with Crippen molar-refractivity contribution in [3.05, 3.63) is 30.1 Å². The van der Waals surface area contributed by atoms with Crippen molar-refractivity contribution >= 4 is 5.97 Å². The molecule has 1 aromatic heterocycles. The molecule has 1 saturated heterocycles. The lowest BCUT2D eigenvalue weighted by Gasteiger charge is -2.14. The molecule has 1 fully saturated rings. The standard InChI is InChI=1S/C15H22N2O3/c1-20-15(19)6-4-8-17-10-12(14(18)11-17)9-13-5-2-3-7-16-13/h2-3,5,7,12,14,18H,4,6,8-11H2,1H3/t12-,14-/m1/s1. The van der Waals surface area contributed by atoms with E-state index in [-0.39, 0.29) is 18.0 Å². The van der Waals surface area contributed by atoms with Crippen LogP contribution in [-0.4, -0.2) is 53.8 Å². The Morgan fingerprint density at radius 1 is 1.50 bits per heavy atom. The predicted molar refractivity (Wildman–Crippen MR) is 75.1 cm³/mol. The average Bonchev–Trinajstić information content (AvgIpc) is 2.80. The molecule has 20 heavy (non-hydrogen) atoms. The Balaban J connectivity index is 1.76. The highest BCUT2D eigenvalue weighted by molar-refractivity contribution is 5.69. The molecule has 0 bridgehead atoms. The van der Waals surface area contributed by atoms with E-state index in [1.807, 2.05) is 18.2 Å². The number of aliphatic hydroxyl groups is 1. The minimum absolute atomic E-state index is 0.171.